The van der Waals surface area contributed by atoms with Crippen molar-refractivity contribution in [3.63, 3.8) is 0 Å². The molecule has 26 heavy (non-hydrogen) atoms. The lowest BCUT2D eigenvalue weighted by atomic mass is 10.1. The maximum Gasteiger partial charge on any atom is 0.417 e. The summed E-state index contributed by atoms with van der Waals surface area (Å²) in [7, 11) is 0. The first kappa shape index (κ1) is 17.9. The van der Waals surface area contributed by atoms with Crippen LogP contribution in [0.15, 0.2) is 60.8 Å². The molecule has 3 rings (SSSR count). The number of hydrogen-bond donors (Lipinski definition) is 1. The number of carbonyl (C=O) groups is 1. The molecule has 1 heterocycles. The van der Waals surface area contributed by atoms with E-state index >= 15 is 0 Å². The largest absolute Gasteiger partial charge is 0.417 e. The van der Waals surface area contributed by atoms with E-state index in [1.807, 2.05) is 24.3 Å². The minimum absolute atomic E-state index is 0.216. The van der Waals surface area contributed by atoms with Crippen LogP contribution in [0.5, 0.6) is 0 Å². The van der Waals surface area contributed by atoms with Gasteiger partial charge in [0.15, 0.2) is 0 Å². The van der Waals surface area contributed by atoms with Crippen LogP contribution in [0, 0.1) is 0 Å². The molecule has 0 unspecified atom stereocenters. The number of alkyl halides is 3. The van der Waals surface area contributed by atoms with Gasteiger partial charge in [0.05, 0.1) is 28.0 Å². The first-order valence-electron chi connectivity index (χ1n) is 7.53. The Kier molecular flexibility index (Phi) is 4.95. The number of amides is 1. The third-order valence-electron chi connectivity index (χ3n) is 3.58. The van der Waals surface area contributed by atoms with Crippen molar-refractivity contribution >= 4 is 40.2 Å². The van der Waals surface area contributed by atoms with E-state index in [1.165, 1.54) is 18.3 Å². The molecule has 0 saturated carbocycles. The highest BCUT2D eigenvalue weighted by Gasteiger charge is 2.33. The molecule has 0 aliphatic rings. The molecule has 0 atom stereocenters. The number of hydrogen-bond acceptors (Lipinski definition) is 2. The van der Waals surface area contributed by atoms with Crippen LogP contribution in [-0.2, 0) is 11.0 Å². The van der Waals surface area contributed by atoms with Gasteiger partial charge in [-0.2, -0.15) is 13.2 Å². The van der Waals surface area contributed by atoms with Crippen molar-refractivity contribution in [3.05, 3.63) is 77.0 Å². The summed E-state index contributed by atoms with van der Waals surface area (Å²) in [5, 5.41) is 3.10. The first-order chi connectivity index (χ1) is 12.3. The fraction of sp³-hybridized carbons (Fsp3) is 0.0526. The van der Waals surface area contributed by atoms with Crippen molar-refractivity contribution in [2.45, 2.75) is 6.18 Å². The monoisotopic (exact) mass is 376 g/mol. The van der Waals surface area contributed by atoms with Crippen molar-refractivity contribution in [2.75, 3.05) is 5.32 Å². The summed E-state index contributed by atoms with van der Waals surface area (Å²) in [4.78, 5) is 16.2. The van der Waals surface area contributed by atoms with E-state index in [2.05, 4.69) is 10.3 Å². The van der Waals surface area contributed by atoms with E-state index < -0.39 is 17.6 Å². The maximum absolute atomic E-state index is 12.8. The number of nitrogens with one attached hydrogen (secondary N) is 1. The lowest BCUT2D eigenvalue weighted by Crippen LogP contribution is -2.08. The fourth-order valence-electron chi connectivity index (χ4n) is 2.36. The van der Waals surface area contributed by atoms with Gasteiger partial charge < -0.3 is 5.32 Å². The molecule has 0 radical (unpaired) electrons. The number of nitrogens with zero attached hydrogens (tertiary/aromatic N) is 1. The van der Waals surface area contributed by atoms with E-state index in [-0.39, 0.29) is 10.6 Å². The van der Waals surface area contributed by atoms with Gasteiger partial charge in [-0.1, -0.05) is 35.9 Å². The Bertz CT molecular complexity index is 999. The summed E-state index contributed by atoms with van der Waals surface area (Å²) in [5.41, 5.74) is 0.557. The highest BCUT2D eigenvalue weighted by molar-refractivity contribution is 6.31. The van der Waals surface area contributed by atoms with E-state index in [9.17, 15) is 18.0 Å². The zero-order valence-electron chi connectivity index (χ0n) is 13.2. The lowest BCUT2D eigenvalue weighted by molar-refractivity contribution is -0.137. The molecule has 0 bridgehead atoms. The van der Waals surface area contributed by atoms with Crippen LogP contribution in [0.4, 0.5) is 18.9 Å². The van der Waals surface area contributed by atoms with Gasteiger partial charge in [-0.3, -0.25) is 9.78 Å². The number of fused-ring (bicyclic) bond motifs is 1. The van der Waals surface area contributed by atoms with Gasteiger partial charge in [0.1, 0.15) is 0 Å². The van der Waals surface area contributed by atoms with Crippen molar-refractivity contribution in [1.82, 2.24) is 4.98 Å². The second kappa shape index (κ2) is 7.17. The van der Waals surface area contributed by atoms with Gasteiger partial charge in [-0.25, -0.2) is 0 Å². The van der Waals surface area contributed by atoms with Crippen LogP contribution in [-0.4, -0.2) is 10.9 Å². The first-order valence-corrected chi connectivity index (χ1v) is 7.91. The van der Waals surface area contributed by atoms with Crippen LogP contribution in [0.1, 0.15) is 11.1 Å². The highest BCUT2D eigenvalue weighted by atomic mass is 35.5. The van der Waals surface area contributed by atoms with Gasteiger partial charge in [-0.15, -0.1) is 0 Å². The predicted molar refractivity (Wildman–Crippen MR) is 95.9 cm³/mol. The maximum atomic E-state index is 12.8. The second-order valence-electron chi connectivity index (χ2n) is 5.48. The van der Waals surface area contributed by atoms with Crippen molar-refractivity contribution in [1.29, 1.82) is 0 Å². The van der Waals surface area contributed by atoms with Crippen molar-refractivity contribution in [2.24, 2.45) is 0 Å². The minimum Gasteiger partial charge on any atom is -0.321 e. The number of halogens is 4. The van der Waals surface area contributed by atoms with Gasteiger partial charge in [0.25, 0.3) is 0 Å². The average molecular weight is 377 g/mol. The van der Waals surface area contributed by atoms with E-state index in [0.717, 1.165) is 29.1 Å². The lowest BCUT2D eigenvalue weighted by Gasteiger charge is -2.09. The number of anilines is 1. The van der Waals surface area contributed by atoms with Crippen LogP contribution < -0.4 is 5.32 Å². The number of benzene rings is 2. The number of para-hydroxylation sites is 1. The van der Waals surface area contributed by atoms with E-state index in [1.54, 1.807) is 6.07 Å². The molecule has 0 fully saturated rings. The van der Waals surface area contributed by atoms with Crippen LogP contribution in [0.3, 0.4) is 0 Å². The molecule has 1 amide bonds. The Morgan fingerprint density at radius 3 is 2.65 bits per heavy atom. The molecule has 0 saturated heterocycles. The Labute approximate surface area is 152 Å². The van der Waals surface area contributed by atoms with Crippen LogP contribution in [0.2, 0.25) is 5.02 Å². The molecule has 3 aromatic rings. The molecule has 132 valence electrons. The summed E-state index contributed by atoms with van der Waals surface area (Å²) < 4.78 is 38.5. The Morgan fingerprint density at radius 1 is 1.12 bits per heavy atom. The fourth-order valence-corrected chi connectivity index (χ4v) is 2.58. The molecule has 1 N–H and O–H groups in total. The van der Waals surface area contributed by atoms with Crippen molar-refractivity contribution in [3.8, 4) is 0 Å². The van der Waals surface area contributed by atoms with Crippen LogP contribution >= 0.6 is 11.6 Å². The summed E-state index contributed by atoms with van der Waals surface area (Å²) in [5.74, 6) is -0.481. The minimum atomic E-state index is -4.56. The summed E-state index contributed by atoms with van der Waals surface area (Å²) in [6.45, 7) is 0. The van der Waals surface area contributed by atoms with Gasteiger partial charge >= 0.3 is 6.18 Å². The molecule has 3 nitrogen and oxygen atoms in total. The average Bonchev–Trinajstić information content (AvgIpc) is 2.60. The second-order valence-corrected chi connectivity index (χ2v) is 5.88. The number of aromatic nitrogens is 1. The van der Waals surface area contributed by atoms with Gasteiger partial charge in [0.2, 0.25) is 5.91 Å². The third-order valence-corrected chi connectivity index (χ3v) is 3.91. The molecule has 1 aromatic heterocycles. The Morgan fingerprint density at radius 2 is 1.88 bits per heavy atom. The van der Waals surface area contributed by atoms with E-state index in [4.69, 9.17) is 11.6 Å². The molecule has 2 aromatic carbocycles. The van der Waals surface area contributed by atoms with Gasteiger partial charge in [0, 0.05) is 11.5 Å². The summed E-state index contributed by atoms with van der Waals surface area (Å²) in [6, 6.07) is 12.6. The molecule has 0 spiro atoms. The third kappa shape index (κ3) is 4.21. The quantitative estimate of drug-likeness (QED) is 0.608. The zero-order valence-corrected chi connectivity index (χ0v) is 14.0. The van der Waals surface area contributed by atoms with E-state index in [0.29, 0.717) is 5.69 Å². The molecule has 7 heteroatoms. The smallest absolute Gasteiger partial charge is 0.321 e. The Hall–Kier alpha value is -2.86. The Balaban J connectivity index is 1.75. The molecule has 0 aliphatic heterocycles. The summed E-state index contributed by atoms with van der Waals surface area (Å²) >= 11 is 5.57. The molecule has 0 aliphatic carbocycles. The number of pyridine rings is 1. The van der Waals surface area contributed by atoms with Gasteiger partial charge in [-0.05, 0) is 35.9 Å². The SMILES string of the molecule is O=C(C=Cc1ccc(Cl)c(C(F)(F)F)c1)Nc1cnc2ccccc2c1. The topological polar surface area (TPSA) is 42.0 Å². The van der Waals surface area contributed by atoms with Crippen molar-refractivity contribution < 1.29 is 18.0 Å². The number of rotatable bonds is 3. The highest BCUT2D eigenvalue weighted by Crippen LogP contribution is 2.35. The normalized spacial score (nSPS) is 11.8. The summed E-state index contributed by atoms with van der Waals surface area (Å²) in [6.07, 6.45) is -0.605. The van der Waals surface area contributed by atoms with Crippen LogP contribution in [0.25, 0.3) is 17.0 Å². The zero-order chi connectivity index (χ0) is 18.7. The standard InChI is InChI=1S/C19H12ClF3N2O/c20-16-7-5-12(9-15(16)19(21,22)23)6-8-18(26)25-14-10-13-3-1-2-4-17(13)24-11-14/h1-11H,(H,25,26). The number of carbonyl (C=O) groups excluding carboxylic acids is 1. The predicted octanol–water partition coefficient (Wildman–Crippen LogP) is 5.56. The molecular weight excluding hydrogens is 365 g/mol. The molecular formula is C19H12ClF3N2O.